The Morgan fingerprint density at radius 1 is 1.28 bits per heavy atom. The van der Waals surface area contributed by atoms with E-state index in [-0.39, 0.29) is 29.7 Å². The lowest BCUT2D eigenvalue weighted by atomic mass is 9.77. The molecule has 25 heavy (non-hydrogen) atoms. The highest BCUT2D eigenvalue weighted by molar-refractivity contribution is 5.99. The van der Waals surface area contributed by atoms with Crippen molar-refractivity contribution in [3.05, 3.63) is 29.3 Å². The number of rotatable bonds is 3. The first kappa shape index (κ1) is 17.4. The van der Waals surface area contributed by atoms with Gasteiger partial charge in [0.05, 0.1) is 19.8 Å². The number of carbonyl (C=O) groups excluding carboxylic acids is 3. The van der Waals surface area contributed by atoms with Gasteiger partial charge in [0.25, 0.3) is 5.91 Å². The summed E-state index contributed by atoms with van der Waals surface area (Å²) in [6, 6.07) is 5.20. The van der Waals surface area contributed by atoms with Crippen molar-refractivity contribution < 1.29 is 19.1 Å². The van der Waals surface area contributed by atoms with Crippen LogP contribution in [-0.4, -0.2) is 55.5 Å². The number of nitrogens with one attached hydrogen (secondary N) is 2. The van der Waals surface area contributed by atoms with E-state index in [2.05, 4.69) is 10.6 Å². The summed E-state index contributed by atoms with van der Waals surface area (Å²) < 4.78 is 5.21. The molecule has 2 heterocycles. The third-order valence-corrected chi connectivity index (χ3v) is 4.65. The molecular formula is C18H23N3O4. The van der Waals surface area contributed by atoms with Crippen molar-refractivity contribution in [2.24, 2.45) is 0 Å². The van der Waals surface area contributed by atoms with E-state index < -0.39 is 0 Å². The molecule has 0 radical (unpaired) electrons. The lowest BCUT2D eigenvalue weighted by molar-refractivity contribution is -0.134. The van der Waals surface area contributed by atoms with Gasteiger partial charge in [-0.25, -0.2) is 0 Å². The third kappa shape index (κ3) is 3.82. The fourth-order valence-corrected chi connectivity index (χ4v) is 3.23. The average molecular weight is 345 g/mol. The summed E-state index contributed by atoms with van der Waals surface area (Å²) in [7, 11) is 0. The first-order chi connectivity index (χ1) is 11.9. The number of carbonyl (C=O) groups is 3. The lowest BCUT2D eigenvalue weighted by Crippen LogP contribution is -2.45. The number of fused-ring (bicyclic) bond motifs is 1. The van der Waals surface area contributed by atoms with Crippen LogP contribution in [-0.2, 0) is 19.7 Å². The number of morpholine rings is 1. The van der Waals surface area contributed by atoms with E-state index >= 15 is 0 Å². The Labute approximate surface area is 146 Å². The van der Waals surface area contributed by atoms with Crippen molar-refractivity contribution in [2.75, 3.05) is 38.2 Å². The summed E-state index contributed by atoms with van der Waals surface area (Å²) in [5.74, 6) is -0.426. The molecule has 2 N–H and O–H groups in total. The minimum atomic E-state index is -0.336. The standard InChI is InChI=1S/C18H23N3O4/c1-18(2)10-15(22)20-14-4-3-12(9-13(14)18)17(24)19-11-16(23)21-5-7-25-8-6-21/h3-4,9H,5-8,10-11H2,1-2H3,(H,19,24)(H,20,22). The molecule has 134 valence electrons. The number of hydrogen-bond donors (Lipinski definition) is 2. The molecule has 0 aromatic heterocycles. The zero-order chi connectivity index (χ0) is 18.0. The predicted octanol–water partition coefficient (Wildman–Crippen LogP) is 0.895. The monoisotopic (exact) mass is 345 g/mol. The molecular weight excluding hydrogens is 322 g/mol. The number of hydrogen-bond acceptors (Lipinski definition) is 4. The fourth-order valence-electron chi connectivity index (χ4n) is 3.23. The van der Waals surface area contributed by atoms with Gasteiger partial charge in [-0.2, -0.15) is 0 Å². The smallest absolute Gasteiger partial charge is 0.251 e. The minimum Gasteiger partial charge on any atom is -0.378 e. The minimum absolute atomic E-state index is 0.0224. The van der Waals surface area contributed by atoms with Crippen molar-refractivity contribution in [3.63, 3.8) is 0 Å². The Hall–Kier alpha value is -2.41. The highest BCUT2D eigenvalue weighted by Gasteiger charge is 2.32. The predicted molar refractivity (Wildman–Crippen MR) is 92.4 cm³/mol. The quantitative estimate of drug-likeness (QED) is 0.852. The Bertz CT molecular complexity index is 708. The van der Waals surface area contributed by atoms with Crippen molar-refractivity contribution in [1.82, 2.24) is 10.2 Å². The number of nitrogens with zero attached hydrogens (tertiary/aromatic N) is 1. The lowest BCUT2D eigenvalue weighted by Gasteiger charge is -2.32. The number of benzene rings is 1. The SMILES string of the molecule is CC1(C)CC(=O)Nc2ccc(C(=O)NCC(=O)N3CCOCC3)cc21. The van der Waals surface area contributed by atoms with Crippen LogP contribution in [0.3, 0.4) is 0 Å². The van der Waals surface area contributed by atoms with Gasteiger partial charge in [-0.15, -0.1) is 0 Å². The van der Waals surface area contributed by atoms with Gasteiger partial charge in [0.2, 0.25) is 11.8 Å². The zero-order valence-corrected chi connectivity index (χ0v) is 14.6. The summed E-state index contributed by atoms with van der Waals surface area (Å²) in [5.41, 5.74) is 1.82. The van der Waals surface area contributed by atoms with E-state index in [4.69, 9.17) is 4.74 Å². The van der Waals surface area contributed by atoms with Crippen molar-refractivity contribution in [1.29, 1.82) is 0 Å². The van der Waals surface area contributed by atoms with Crippen LogP contribution in [0.4, 0.5) is 5.69 Å². The van der Waals surface area contributed by atoms with Crippen LogP contribution < -0.4 is 10.6 Å². The largest absolute Gasteiger partial charge is 0.378 e. The summed E-state index contributed by atoms with van der Waals surface area (Å²) in [4.78, 5) is 37.9. The maximum Gasteiger partial charge on any atom is 0.251 e. The van der Waals surface area contributed by atoms with Gasteiger partial charge < -0.3 is 20.3 Å². The summed E-state index contributed by atoms with van der Waals surface area (Å²) >= 11 is 0. The molecule has 7 nitrogen and oxygen atoms in total. The van der Waals surface area contributed by atoms with Gasteiger partial charge in [-0.1, -0.05) is 13.8 Å². The Morgan fingerprint density at radius 2 is 2.00 bits per heavy atom. The first-order valence-corrected chi connectivity index (χ1v) is 8.45. The van der Waals surface area contributed by atoms with Gasteiger partial charge >= 0.3 is 0 Å². The van der Waals surface area contributed by atoms with E-state index in [1.165, 1.54) is 0 Å². The molecule has 0 saturated carbocycles. The molecule has 0 bridgehead atoms. The molecule has 0 atom stereocenters. The topological polar surface area (TPSA) is 87.7 Å². The van der Waals surface area contributed by atoms with Crippen LogP contribution in [0, 0.1) is 0 Å². The van der Waals surface area contributed by atoms with E-state index in [1.807, 2.05) is 13.8 Å². The molecule has 7 heteroatoms. The van der Waals surface area contributed by atoms with Gasteiger partial charge in [0.15, 0.2) is 0 Å². The maximum atomic E-state index is 12.4. The fraction of sp³-hybridized carbons (Fsp3) is 0.500. The molecule has 1 saturated heterocycles. The molecule has 1 aromatic carbocycles. The molecule has 2 aliphatic heterocycles. The molecule has 1 fully saturated rings. The Morgan fingerprint density at radius 3 is 2.72 bits per heavy atom. The molecule has 0 unspecified atom stereocenters. The normalized spacial score (nSPS) is 19.0. The number of anilines is 1. The highest BCUT2D eigenvalue weighted by Crippen LogP contribution is 2.37. The van der Waals surface area contributed by atoms with Crippen LogP contribution >= 0.6 is 0 Å². The van der Waals surface area contributed by atoms with Crippen molar-refractivity contribution in [2.45, 2.75) is 25.7 Å². The molecule has 0 spiro atoms. The van der Waals surface area contributed by atoms with Crippen LogP contribution in [0.1, 0.15) is 36.2 Å². The van der Waals surface area contributed by atoms with Crippen LogP contribution in [0.15, 0.2) is 18.2 Å². The van der Waals surface area contributed by atoms with Crippen LogP contribution in [0.2, 0.25) is 0 Å². The first-order valence-electron chi connectivity index (χ1n) is 8.45. The molecule has 0 aliphatic carbocycles. The third-order valence-electron chi connectivity index (χ3n) is 4.65. The average Bonchev–Trinajstić information content (AvgIpc) is 2.59. The summed E-state index contributed by atoms with van der Waals surface area (Å²) in [6.45, 7) is 6.11. The van der Waals surface area contributed by atoms with Gasteiger partial charge in [0, 0.05) is 36.2 Å². The van der Waals surface area contributed by atoms with Crippen molar-refractivity contribution in [3.8, 4) is 0 Å². The molecule has 3 amide bonds. The second-order valence-corrected chi connectivity index (χ2v) is 7.05. The van der Waals surface area contributed by atoms with E-state index in [0.29, 0.717) is 38.3 Å². The number of amides is 3. The van der Waals surface area contributed by atoms with Crippen LogP contribution in [0.5, 0.6) is 0 Å². The highest BCUT2D eigenvalue weighted by atomic mass is 16.5. The number of ether oxygens (including phenoxy) is 1. The second kappa shape index (κ2) is 6.84. The molecule has 1 aromatic rings. The Balaban J connectivity index is 1.67. The van der Waals surface area contributed by atoms with E-state index in [1.54, 1.807) is 23.1 Å². The van der Waals surface area contributed by atoms with Gasteiger partial charge in [-0.3, -0.25) is 14.4 Å². The van der Waals surface area contributed by atoms with E-state index in [9.17, 15) is 14.4 Å². The van der Waals surface area contributed by atoms with Crippen LogP contribution in [0.25, 0.3) is 0 Å². The molecule has 2 aliphatic rings. The van der Waals surface area contributed by atoms with Gasteiger partial charge in [-0.05, 0) is 23.8 Å². The second-order valence-electron chi connectivity index (χ2n) is 7.05. The van der Waals surface area contributed by atoms with E-state index in [0.717, 1.165) is 11.3 Å². The zero-order valence-electron chi connectivity index (χ0n) is 14.6. The summed E-state index contributed by atoms with van der Waals surface area (Å²) in [6.07, 6.45) is 0.376. The Kier molecular flexibility index (Phi) is 4.76. The molecule has 3 rings (SSSR count). The maximum absolute atomic E-state index is 12.4. The summed E-state index contributed by atoms with van der Waals surface area (Å²) in [5, 5.41) is 5.51. The van der Waals surface area contributed by atoms with Crippen molar-refractivity contribution >= 4 is 23.4 Å². The van der Waals surface area contributed by atoms with Gasteiger partial charge in [0.1, 0.15) is 0 Å².